The van der Waals surface area contributed by atoms with Crippen molar-refractivity contribution >= 4 is 23.1 Å². The van der Waals surface area contributed by atoms with Crippen molar-refractivity contribution in [1.29, 1.82) is 0 Å². The number of nitrogens with zero attached hydrogens (tertiary/aromatic N) is 5. The molecule has 0 bridgehead atoms. The lowest BCUT2D eigenvalue weighted by atomic mass is 10.2. The van der Waals surface area contributed by atoms with Crippen LogP contribution < -0.4 is 19.9 Å². The standard InChI is InChI=1S/C20H20F2N6O/c1-29-17-8-3-2-7-16(17)27-9-11-28(12-10-27)20-25-18(13-23-26-20)24-19-14(21)5-4-6-15(19)22/h2-8,13H,9-12H2,1H3,(H,24,25,26). The number of rotatable bonds is 5. The molecule has 2 aromatic carbocycles. The van der Waals surface area contributed by atoms with Gasteiger partial charge in [-0.05, 0) is 24.3 Å². The largest absolute Gasteiger partial charge is 0.495 e. The average Bonchev–Trinajstić information content (AvgIpc) is 2.77. The Kier molecular flexibility index (Phi) is 5.37. The Balaban J connectivity index is 1.46. The molecule has 1 aliphatic rings. The molecule has 1 aliphatic heterocycles. The van der Waals surface area contributed by atoms with Gasteiger partial charge in [-0.15, -0.1) is 5.10 Å². The summed E-state index contributed by atoms with van der Waals surface area (Å²) in [6.45, 7) is 2.86. The molecule has 0 spiro atoms. The third-order valence-corrected chi connectivity index (χ3v) is 4.75. The lowest BCUT2D eigenvalue weighted by Crippen LogP contribution is -2.47. The molecule has 150 valence electrons. The quantitative estimate of drug-likeness (QED) is 0.708. The van der Waals surface area contributed by atoms with Crippen LogP contribution in [-0.4, -0.2) is 48.5 Å². The number of para-hydroxylation sites is 3. The number of nitrogens with one attached hydrogen (secondary N) is 1. The molecule has 2 heterocycles. The maximum atomic E-state index is 13.9. The normalized spacial score (nSPS) is 14.0. The Bertz CT molecular complexity index is 974. The zero-order valence-corrected chi connectivity index (χ0v) is 15.8. The first-order chi connectivity index (χ1) is 14.2. The second kappa shape index (κ2) is 8.26. The first-order valence-electron chi connectivity index (χ1n) is 9.19. The van der Waals surface area contributed by atoms with Gasteiger partial charge in [0.15, 0.2) is 5.82 Å². The second-order valence-corrected chi connectivity index (χ2v) is 6.51. The van der Waals surface area contributed by atoms with Crippen molar-refractivity contribution in [3.63, 3.8) is 0 Å². The molecular weight excluding hydrogens is 378 g/mol. The van der Waals surface area contributed by atoms with Gasteiger partial charge in [-0.2, -0.15) is 10.1 Å². The summed E-state index contributed by atoms with van der Waals surface area (Å²) in [6.07, 6.45) is 1.33. The number of methoxy groups -OCH3 is 1. The lowest BCUT2D eigenvalue weighted by molar-refractivity contribution is 0.413. The van der Waals surface area contributed by atoms with Gasteiger partial charge in [0.2, 0.25) is 5.95 Å². The minimum atomic E-state index is -0.699. The van der Waals surface area contributed by atoms with Crippen molar-refractivity contribution in [3.8, 4) is 5.75 Å². The predicted molar refractivity (Wildman–Crippen MR) is 107 cm³/mol. The van der Waals surface area contributed by atoms with E-state index in [1.165, 1.54) is 24.4 Å². The minimum Gasteiger partial charge on any atom is -0.495 e. The van der Waals surface area contributed by atoms with E-state index in [9.17, 15) is 8.78 Å². The minimum absolute atomic E-state index is 0.228. The van der Waals surface area contributed by atoms with Gasteiger partial charge in [0.05, 0.1) is 19.0 Å². The summed E-state index contributed by atoms with van der Waals surface area (Å²) in [4.78, 5) is 8.59. The molecule has 9 heteroatoms. The fourth-order valence-electron chi connectivity index (χ4n) is 3.27. The molecule has 0 amide bonds. The predicted octanol–water partition coefficient (Wildman–Crippen LogP) is 3.23. The second-order valence-electron chi connectivity index (χ2n) is 6.51. The van der Waals surface area contributed by atoms with Crippen LogP contribution in [0.1, 0.15) is 0 Å². The van der Waals surface area contributed by atoms with Crippen LogP contribution in [0.5, 0.6) is 5.75 Å². The number of benzene rings is 2. The van der Waals surface area contributed by atoms with Gasteiger partial charge in [0.1, 0.15) is 23.1 Å². The highest BCUT2D eigenvalue weighted by molar-refractivity contribution is 5.60. The van der Waals surface area contributed by atoms with Gasteiger partial charge in [0.25, 0.3) is 0 Å². The Hall–Kier alpha value is -3.49. The summed E-state index contributed by atoms with van der Waals surface area (Å²) in [7, 11) is 1.66. The number of aromatic nitrogens is 3. The summed E-state index contributed by atoms with van der Waals surface area (Å²) < 4.78 is 33.2. The van der Waals surface area contributed by atoms with E-state index < -0.39 is 11.6 Å². The van der Waals surface area contributed by atoms with Gasteiger partial charge in [-0.1, -0.05) is 18.2 Å². The Morgan fingerprint density at radius 3 is 2.34 bits per heavy atom. The number of piperazine rings is 1. The lowest BCUT2D eigenvalue weighted by Gasteiger charge is -2.36. The van der Waals surface area contributed by atoms with E-state index in [1.807, 2.05) is 29.2 Å². The SMILES string of the molecule is COc1ccccc1N1CCN(c2nncc(Nc3c(F)cccc3F)n2)CC1. The Morgan fingerprint density at radius 2 is 1.62 bits per heavy atom. The topological polar surface area (TPSA) is 66.4 Å². The first-order valence-corrected chi connectivity index (χ1v) is 9.19. The van der Waals surface area contributed by atoms with E-state index in [1.54, 1.807) is 7.11 Å². The maximum absolute atomic E-state index is 13.9. The summed E-state index contributed by atoms with van der Waals surface area (Å²) in [5.74, 6) is 0.0701. The zero-order chi connectivity index (χ0) is 20.2. The summed E-state index contributed by atoms with van der Waals surface area (Å²) in [5.41, 5.74) is 0.777. The van der Waals surface area contributed by atoms with Crippen molar-refractivity contribution < 1.29 is 13.5 Å². The number of hydrogen-bond acceptors (Lipinski definition) is 7. The fourth-order valence-corrected chi connectivity index (χ4v) is 3.27. The Labute approximate surface area is 167 Å². The molecule has 0 radical (unpaired) electrons. The molecular formula is C20H20F2N6O. The maximum Gasteiger partial charge on any atom is 0.247 e. The van der Waals surface area contributed by atoms with Crippen LogP contribution in [-0.2, 0) is 0 Å². The van der Waals surface area contributed by atoms with E-state index >= 15 is 0 Å². The van der Waals surface area contributed by atoms with Crippen LogP contribution in [0, 0.1) is 11.6 Å². The van der Waals surface area contributed by atoms with Gasteiger partial charge < -0.3 is 19.9 Å². The van der Waals surface area contributed by atoms with E-state index in [0.29, 0.717) is 19.0 Å². The summed E-state index contributed by atoms with van der Waals surface area (Å²) in [6, 6.07) is 11.5. The number of anilines is 4. The van der Waals surface area contributed by atoms with Crippen LogP contribution in [0.4, 0.5) is 31.9 Å². The van der Waals surface area contributed by atoms with Crippen LogP contribution in [0.15, 0.2) is 48.7 Å². The molecule has 3 aromatic rings. The fraction of sp³-hybridized carbons (Fsp3) is 0.250. The molecule has 1 aromatic heterocycles. The van der Waals surface area contributed by atoms with Gasteiger partial charge in [-0.25, -0.2) is 8.78 Å². The van der Waals surface area contributed by atoms with Gasteiger partial charge >= 0.3 is 0 Å². The molecule has 0 unspecified atom stereocenters. The third kappa shape index (κ3) is 4.03. The van der Waals surface area contributed by atoms with Crippen molar-refractivity contribution in [2.45, 2.75) is 0 Å². The average molecular weight is 398 g/mol. The molecule has 0 aliphatic carbocycles. The first kappa shape index (κ1) is 18.9. The summed E-state index contributed by atoms with van der Waals surface area (Å²) in [5, 5.41) is 10.7. The number of hydrogen-bond donors (Lipinski definition) is 1. The van der Waals surface area contributed by atoms with Crippen molar-refractivity contribution in [2.24, 2.45) is 0 Å². The zero-order valence-electron chi connectivity index (χ0n) is 15.8. The van der Waals surface area contributed by atoms with Crippen LogP contribution in [0.2, 0.25) is 0 Å². The summed E-state index contributed by atoms with van der Waals surface area (Å²) >= 11 is 0. The number of ether oxygens (including phenoxy) is 1. The highest BCUT2D eigenvalue weighted by Crippen LogP contribution is 2.29. The Morgan fingerprint density at radius 1 is 0.931 bits per heavy atom. The van der Waals surface area contributed by atoms with Crippen LogP contribution in [0.25, 0.3) is 0 Å². The number of halogens is 2. The molecule has 7 nitrogen and oxygen atoms in total. The van der Waals surface area contributed by atoms with Crippen molar-refractivity contribution in [3.05, 3.63) is 60.3 Å². The van der Waals surface area contributed by atoms with Crippen LogP contribution in [0.3, 0.4) is 0 Å². The molecule has 1 saturated heterocycles. The highest BCUT2D eigenvalue weighted by atomic mass is 19.1. The van der Waals surface area contributed by atoms with Crippen molar-refractivity contribution in [1.82, 2.24) is 15.2 Å². The van der Waals surface area contributed by atoms with Gasteiger partial charge in [-0.3, -0.25) is 0 Å². The molecule has 0 atom stereocenters. The highest BCUT2D eigenvalue weighted by Gasteiger charge is 2.22. The molecule has 4 rings (SSSR count). The van der Waals surface area contributed by atoms with E-state index in [0.717, 1.165) is 24.5 Å². The van der Waals surface area contributed by atoms with Gasteiger partial charge in [0, 0.05) is 26.2 Å². The molecule has 1 N–H and O–H groups in total. The van der Waals surface area contributed by atoms with E-state index in [-0.39, 0.29) is 11.5 Å². The monoisotopic (exact) mass is 398 g/mol. The molecule has 0 saturated carbocycles. The van der Waals surface area contributed by atoms with E-state index in [2.05, 4.69) is 25.4 Å². The molecule has 29 heavy (non-hydrogen) atoms. The van der Waals surface area contributed by atoms with Crippen LogP contribution >= 0.6 is 0 Å². The van der Waals surface area contributed by atoms with E-state index in [4.69, 9.17) is 4.74 Å². The third-order valence-electron chi connectivity index (χ3n) is 4.75. The smallest absolute Gasteiger partial charge is 0.247 e. The molecule has 1 fully saturated rings. The van der Waals surface area contributed by atoms with Crippen molar-refractivity contribution in [2.75, 3.05) is 48.4 Å².